The normalized spacial score (nSPS) is 26.8. The second kappa shape index (κ2) is 5.16. The van der Waals surface area contributed by atoms with Crippen LogP contribution in [0.15, 0.2) is 27.0 Å². The van der Waals surface area contributed by atoms with Crippen molar-refractivity contribution in [3.8, 4) is 0 Å². The molecule has 0 saturated carbocycles. The Balaban J connectivity index is 1.58. The molecule has 1 aromatic rings. The largest absolute Gasteiger partial charge is 0.165 e. The molecule has 4 rings (SSSR count). The summed E-state index contributed by atoms with van der Waals surface area (Å²) < 4.78 is 14.4. The van der Waals surface area contributed by atoms with E-state index in [0.717, 1.165) is 15.3 Å². The highest BCUT2D eigenvalue weighted by Crippen LogP contribution is 2.65. The van der Waals surface area contributed by atoms with Gasteiger partial charge in [-0.05, 0) is 0 Å². The van der Waals surface area contributed by atoms with Gasteiger partial charge in [-0.3, -0.25) is 0 Å². The van der Waals surface area contributed by atoms with Crippen LogP contribution < -0.4 is 0 Å². The van der Waals surface area contributed by atoms with Crippen molar-refractivity contribution in [1.82, 2.24) is 8.75 Å². The quantitative estimate of drug-likeness (QED) is 0.607. The average Bonchev–Trinajstić information content (AvgIpc) is 2.99. The lowest BCUT2D eigenvalue weighted by Crippen LogP contribution is -2.02. The fourth-order valence-electron chi connectivity index (χ4n) is 1.50. The minimum atomic E-state index is 0.736. The van der Waals surface area contributed by atoms with Gasteiger partial charge in [0.15, 0.2) is 0 Å². The van der Waals surface area contributed by atoms with Crippen LogP contribution >= 0.6 is 82.3 Å². The van der Waals surface area contributed by atoms with Crippen molar-refractivity contribution in [2.45, 2.75) is 22.2 Å². The average molecular weight is 367 g/mol. The number of nitrogens with zero attached hydrogens (tertiary/aromatic N) is 2. The summed E-state index contributed by atoms with van der Waals surface area (Å²) in [6.07, 6.45) is 0. The van der Waals surface area contributed by atoms with Crippen LogP contribution in [-0.4, -0.2) is 19.7 Å². The molecule has 2 nitrogen and oxygen atoms in total. The predicted molar refractivity (Wildman–Crippen MR) is 90.4 cm³/mol. The highest BCUT2D eigenvalue weighted by molar-refractivity contribution is 8.42. The van der Waals surface area contributed by atoms with Crippen molar-refractivity contribution < 1.29 is 0 Å². The Morgan fingerprint density at radius 3 is 2.33 bits per heavy atom. The molecular formula is C9H6N2S7. The van der Waals surface area contributed by atoms with E-state index in [4.69, 9.17) is 0 Å². The first kappa shape index (κ1) is 12.8. The van der Waals surface area contributed by atoms with Crippen LogP contribution in [-0.2, 0) is 0 Å². The molecule has 3 aliphatic rings. The van der Waals surface area contributed by atoms with E-state index >= 15 is 0 Å². The van der Waals surface area contributed by atoms with E-state index in [0.29, 0.717) is 0 Å². The molecule has 0 radical (unpaired) electrons. The summed E-state index contributed by atoms with van der Waals surface area (Å²) in [5.74, 6) is 1.23. The smallest absolute Gasteiger partial charge is 0.150 e. The van der Waals surface area contributed by atoms with Crippen molar-refractivity contribution in [3.63, 3.8) is 0 Å². The van der Waals surface area contributed by atoms with Gasteiger partial charge in [0.05, 0.1) is 28.7 Å². The molecule has 94 valence electrons. The first-order chi connectivity index (χ1) is 8.79. The lowest BCUT2D eigenvalue weighted by Gasteiger charge is -2.16. The highest BCUT2D eigenvalue weighted by Gasteiger charge is 2.33. The Morgan fingerprint density at radius 1 is 0.889 bits per heavy atom. The van der Waals surface area contributed by atoms with Crippen LogP contribution in [0.3, 0.4) is 0 Å². The molecule has 0 aromatic carbocycles. The molecular weight excluding hydrogens is 361 g/mol. The second-order valence-electron chi connectivity index (χ2n) is 3.67. The first-order valence-electron chi connectivity index (χ1n) is 5.11. The molecule has 3 aliphatic heterocycles. The van der Waals surface area contributed by atoms with Crippen molar-refractivity contribution in [1.29, 1.82) is 0 Å². The minimum absolute atomic E-state index is 0.736. The zero-order chi connectivity index (χ0) is 12.1. The third kappa shape index (κ3) is 2.29. The zero-order valence-corrected chi connectivity index (χ0v) is 14.8. The molecule has 18 heavy (non-hydrogen) atoms. The Hall–Kier alpha value is 1.14. The number of rotatable bonds is 0. The van der Waals surface area contributed by atoms with Gasteiger partial charge in [-0.25, -0.2) is 0 Å². The Labute approximate surface area is 135 Å². The predicted octanol–water partition coefficient (Wildman–Crippen LogP) is 5.34. The molecule has 4 heterocycles. The van der Waals surface area contributed by atoms with Gasteiger partial charge in [-0.1, -0.05) is 54.0 Å². The van der Waals surface area contributed by atoms with Crippen molar-refractivity contribution in [2.24, 2.45) is 0 Å². The first-order valence-corrected chi connectivity index (χ1v) is 11.0. The standard InChI is InChI=1S/C9H6N2S7/c1-3-2-12-6-7(13-3)17-9(16-6)8-14-4-5(15-8)11-18-10-4/h3H,2H2,1H3. The summed E-state index contributed by atoms with van der Waals surface area (Å²) in [6, 6.07) is 0. The number of fused-ring (bicyclic) bond motifs is 1. The summed E-state index contributed by atoms with van der Waals surface area (Å²) in [7, 11) is 0. The molecule has 1 unspecified atom stereocenters. The van der Waals surface area contributed by atoms with Crippen LogP contribution in [0.25, 0.3) is 0 Å². The monoisotopic (exact) mass is 366 g/mol. The fourth-order valence-corrected chi connectivity index (χ4v) is 11.0. The Bertz CT molecular complexity index is 553. The molecule has 0 aliphatic carbocycles. The van der Waals surface area contributed by atoms with Crippen molar-refractivity contribution in [2.75, 3.05) is 5.75 Å². The summed E-state index contributed by atoms with van der Waals surface area (Å²) in [4.78, 5) is 0. The zero-order valence-electron chi connectivity index (χ0n) is 9.04. The topological polar surface area (TPSA) is 25.8 Å². The van der Waals surface area contributed by atoms with Gasteiger partial charge in [0, 0.05) is 11.0 Å². The Kier molecular flexibility index (Phi) is 3.68. The molecule has 1 atom stereocenters. The maximum absolute atomic E-state index is 4.32. The summed E-state index contributed by atoms with van der Waals surface area (Å²) in [6.45, 7) is 2.31. The van der Waals surface area contributed by atoms with Gasteiger partial charge in [0.25, 0.3) is 0 Å². The molecule has 0 spiro atoms. The van der Waals surface area contributed by atoms with Crippen molar-refractivity contribution in [3.05, 3.63) is 16.9 Å². The fraction of sp³-hybridized carbons (Fsp3) is 0.333. The third-order valence-corrected chi connectivity index (χ3v) is 12.0. The van der Waals surface area contributed by atoms with Gasteiger partial charge in [0.2, 0.25) is 0 Å². The van der Waals surface area contributed by atoms with Crippen LogP contribution in [0, 0.1) is 0 Å². The van der Waals surface area contributed by atoms with E-state index in [1.54, 1.807) is 23.5 Å². The maximum Gasteiger partial charge on any atom is 0.150 e. The molecule has 0 saturated heterocycles. The molecule has 0 bridgehead atoms. The van der Waals surface area contributed by atoms with Gasteiger partial charge in [0.1, 0.15) is 10.1 Å². The summed E-state index contributed by atoms with van der Waals surface area (Å²) in [5.41, 5.74) is 0. The molecule has 9 heteroatoms. The van der Waals surface area contributed by atoms with E-state index in [1.807, 2.05) is 47.0 Å². The van der Waals surface area contributed by atoms with Gasteiger partial charge >= 0.3 is 0 Å². The molecule has 0 N–H and O–H groups in total. The summed E-state index contributed by atoms with van der Waals surface area (Å²) in [5, 5.41) is 2.92. The van der Waals surface area contributed by atoms with Crippen LogP contribution in [0.5, 0.6) is 0 Å². The third-order valence-electron chi connectivity index (χ3n) is 2.27. The SMILES string of the molecule is CC1CSC2=C(SC(=C3Sc4nsnc4S3)S2)S1. The van der Waals surface area contributed by atoms with Crippen molar-refractivity contribution >= 4 is 82.3 Å². The van der Waals surface area contributed by atoms with E-state index < -0.39 is 0 Å². The minimum Gasteiger partial charge on any atom is -0.165 e. The maximum atomic E-state index is 4.32. The lowest BCUT2D eigenvalue weighted by molar-refractivity contribution is 1.10. The number of thioether (sulfide) groups is 6. The number of hydrogen-bond acceptors (Lipinski definition) is 9. The van der Waals surface area contributed by atoms with E-state index in [-0.39, 0.29) is 0 Å². The molecule has 1 aromatic heterocycles. The second-order valence-corrected chi connectivity index (χ2v) is 11.8. The van der Waals surface area contributed by atoms with Gasteiger partial charge < -0.3 is 0 Å². The van der Waals surface area contributed by atoms with Gasteiger partial charge in [-0.15, -0.1) is 23.5 Å². The van der Waals surface area contributed by atoms with E-state index in [9.17, 15) is 0 Å². The summed E-state index contributed by atoms with van der Waals surface area (Å²) >= 11 is 12.8. The van der Waals surface area contributed by atoms with Gasteiger partial charge in [-0.2, -0.15) is 8.75 Å². The number of aromatic nitrogens is 2. The molecule has 0 amide bonds. The highest BCUT2D eigenvalue weighted by atomic mass is 32.3. The van der Waals surface area contributed by atoms with Crippen LogP contribution in [0.2, 0.25) is 0 Å². The van der Waals surface area contributed by atoms with Crippen LogP contribution in [0.1, 0.15) is 6.92 Å². The lowest BCUT2D eigenvalue weighted by atomic mass is 10.6. The molecule has 0 fully saturated rings. The van der Waals surface area contributed by atoms with E-state index in [2.05, 4.69) is 15.7 Å². The van der Waals surface area contributed by atoms with E-state index in [1.165, 1.54) is 34.4 Å². The number of hydrogen-bond donors (Lipinski definition) is 0. The Morgan fingerprint density at radius 2 is 1.56 bits per heavy atom. The van der Waals surface area contributed by atoms with Crippen LogP contribution in [0.4, 0.5) is 0 Å².